The van der Waals surface area contributed by atoms with Crippen LogP contribution in [0.4, 0.5) is 0 Å². The van der Waals surface area contributed by atoms with E-state index < -0.39 is 0 Å². The van der Waals surface area contributed by atoms with Crippen molar-refractivity contribution in [1.29, 1.82) is 0 Å². The molecule has 0 aliphatic heterocycles. The van der Waals surface area contributed by atoms with E-state index in [1.54, 1.807) is 12.4 Å². The maximum absolute atomic E-state index is 4.70. The smallest absolute Gasteiger partial charge is 0.0894 e. The second-order valence-electron chi connectivity index (χ2n) is 5.25. The zero-order valence-corrected chi connectivity index (χ0v) is 14.2. The molecule has 0 saturated carbocycles. The molecular formula is C20H14CoN4. The maximum Gasteiger partial charge on any atom is 0.0894 e. The normalized spacial score (nSPS) is 10.1. The van der Waals surface area contributed by atoms with Gasteiger partial charge in [0.1, 0.15) is 0 Å². The molecule has 4 rings (SSSR count). The second-order valence-corrected chi connectivity index (χ2v) is 5.25. The van der Waals surface area contributed by atoms with Crippen LogP contribution in [0.15, 0.2) is 85.2 Å². The molecule has 0 N–H and O–H groups in total. The summed E-state index contributed by atoms with van der Waals surface area (Å²) in [5, 5.41) is 0. The van der Waals surface area contributed by atoms with Gasteiger partial charge in [0.25, 0.3) is 0 Å². The molecule has 4 aromatic heterocycles. The number of nitrogens with zero attached hydrogens (tertiary/aromatic N) is 4. The van der Waals surface area contributed by atoms with Crippen LogP contribution in [0.1, 0.15) is 0 Å². The van der Waals surface area contributed by atoms with Crippen molar-refractivity contribution in [3.8, 4) is 34.2 Å². The van der Waals surface area contributed by atoms with E-state index in [1.165, 1.54) is 0 Å². The monoisotopic (exact) mass is 369 g/mol. The summed E-state index contributed by atoms with van der Waals surface area (Å²) in [6.07, 6.45) is 3.53. The predicted molar refractivity (Wildman–Crippen MR) is 93.9 cm³/mol. The molecule has 4 aromatic rings. The third-order valence-corrected chi connectivity index (χ3v) is 3.62. The fourth-order valence-corrected chi connectivity index (χ4v) is 2.47. The fraction of sp³-hybridized carbons (Fsp3) is 0. The summed E-state index contributed by atoms with van der Waals surface area (Å²) in [5.74, 6) is 0. The third kappa shape index (κ3) is 3.79. The van der Waals surface area contributed by atoms with Crippen LogP contribution in [-0.4, -0.2) is 19.9 Å². The summed E-state index contributed by atoms with van der Waals surface area (Å²) in [5.41, 5.74) is 4.99. The minimum atomic E-state index is 0. The van der Waals surface area contributed by atoms with Crippen LogP contribution < -0.4 is 0 Å². The minimum Gasteiger partial charge on any atom is -0.255 e. The minimum absolute atomic E-state index is 0. The van der Waals surface area contributed by atoms with Gasteiger partial charge < -0.3 is 0 Å². The number of aromatic nitrogens is 4. The molecule has 0 spiro atoms. The van der Waals surface area contributed by atoms with Crippen molar-refractivity contribution in [2.45, 2.75) is 0 Å². The van der Waals surface area contributed by atoms with Crippen LogP contribution in [0.2, 0.25) is 0 Å². The Morgan fingerprint density at radius 2 is 0.760 bits per heavy atom. The Bertz CT molecular complexity index is 878. The molecule has 123 valence electrons. The summed E-state index contributed by atoms with van der Waals surface area (Å²) >= 11 is 0. The van der Waals surface area contributed by atoms with E-state index >= 15 is 0 Å². The van der Waals surface area contributed by atoms with Gasteiger partial charge in [-0.1, -0.05) is 24.3 Å². The first kappa shape index (κ1) is 16.9. The van der Waals surface area contributed by atoms with Crippen LogP contribution >= 0.6 is 0 Å². The first-order chi connectivity index (χ1) is 11.9. The molecule has 0 aromatic carbocycles. The zero-order chi connectivity index (χ0) is 16.2. The number of hydrogen-bond donors (Lipinski definition) is 0. The summed E-state index contributed by atoms with van der Waals surface area (Å²) in [6.45, 7) is 0. The van der Waals surface area contributed by atoms with Gasteiger partial charge in [-0.3, -0.25) is 9.97 Å². The SMILES string of the molecule is [Co].c1ccc(-c2cccc(-c3cccc(-c4ccccn4)n3)n2)nc1. The molecule has 4 heterocycles. The van der Waals surface area contributed by atoms with Gasteiger partial charge in [-0.05, 0) is 48.5 Å². The van der Waals surface area contributed by atoms with E-state index in [4.69, 9.17) is 9.97 Å². The van der Waals surface area contributed by atoms with Crippen LogP contribution in [0, 0.1) is 0 Å². The van der Waals surface area contributed by atoms with Gasteiger partial charge in [0.2, 0.25) is 0 Å². The Hall–Kier alpha value is -2.89. The summed E-state index contributed by atoms with van der Waals surface area (Å²) in [7, 11) is 0. The van der Waals surface area contributed by atoms with E-state index in [0.717, 1.165) is 34.2 Å². The predicted octanol–water partition coefficient (Wildman–Crippen LogP) is 4.27. The van der Waals surface area contributed by atoms with Crippen LogP contribution in [-0.2, 0) is 16.8 Å². The molecule has 0 amide bonds. The van der Waals surface area contributed by atoms with E-state index in [2.05, 4.69) is 9.97 Å². The Labute approximate surface area is 156 Å². The summed E-state index contributed by atoms with van der Waals surface area (Å²) in [6, 6.07) is 23.4. The van der Waals surface area contributed by atoms with E-state index in [9.17, 15) is 0 Å². The topological polar surface area (TPSA) is 51.6 Å². The van der Waals surface area contributed by atoms with Crippen molar-refractivity contribution in [2.24, 2.45) is 0 Å². The molecule has 0 atom stereocenters. The van der Waals surface area contributed by atoms with Crippen molar-refractivity contribution in [3.63, 3.8) is 0 Å². The van der Waals surface area contributed by atoms with Gasteiger partial charge in [-0.2, -0.15) is 0 Å². The number of pyridine rings is 4. The van der Waals surface area contributed by atoms with Crippen molar-refractivity contribution in [3.05, 3.63) is 85.2 Å². The standard InChI is InChI=1S/C20H14N4.Co/c1-3-13-21-15(7-1)17-9-5-11-19(23-17)20-12-6-10-18(24-20)16-8-2-4-14-22-16;/h1-14H;. The molecule has 0 aliphatic carbocycles. The van der Waals surface area contributed by atoms with Gasteiger partial charge in [0, 0.05) is 29.2 Å². The van der Waals surface area contributed by atoms with Gasteiger partial charge >= 0.3 is 0 Å². The first-order valence-electron chi connectivity index (χ1n) is 7.67. The van der Waals surface area contributed by atoms with Gasteiger partial charge in [-0.25, -0.2) is 9.97 Å². The van der Waals surface area contributed by atoms with Crippen LogP contribution in [0.3, 0.4) is 0 Å². The van der Waals surface area contributed by atoms with Crippen molar-refractivity contribution in [2.75, 3.05) is 0 Å². The van der Waals surface area contributed by atoms with E-state index in [1.807, 2.05) is 72.8 Å². The van der Waals surface area contributed by atoms with E-state index in [0.29, 0.717) is 0 Å². The second kappa shape index (κ2) is 7.79. The van der Waals surface area contributed by atoms with Crippen molar-refractivity contribution >= 4 is 0 Å². The quantitative estimate of drug-likeness (QED) is 0.541. The van der Waals surface area contributed by atoms with Crippen molar-refractivity contribution in [1.82, 2.24) is 19.9 Å². The van der Waals surface area contributed by atoms with Gasteiger partial charge in [0.05, 0.1) is 34.2 Å². The zero-order valence-electron chi connectivity index (χ0n) is 13.2. The molecule has 0 fully saturated rings. The Morgan fingerprint density at radius 1 is 0.400 bits per heavy atom. The van der Waals surface area contributed by atoms with E-state index in [-0.39, 0.29) is 16.8 Å². The molecule has 25 heavy (non-hydrogen) atoms. The average Bonchev–Trinajstić information content (AvgIpc) is 2.70. The summed E-state index contributed by atoms with van der Waals surface area (Å²) in [4.78, 5) is 18.1. The summed E-state index contributed by atoms with van der Waals surface area (Å²) < 4.78 is 0. The molecule has 1 radical (unpaired) electrons. The van der Waals surface area contributed by atoms with Crippen LogP contribution in [0.5, 0.6) is 0 Å². The number of rotatable bonds is 3. The first-order valence-corrected chi connectivity index (χ1v) is 7.67. The molecule has 5 heteroatoms. The molecule has 0 saturated heterocycles. The Balaban J connectivity index is 0.00000182. The Kier molecular flexibility index (Phi) is 5.28. The van der Waals surface area contributed by atoms with Crippen LogP contribution in [0.25, 0.3) is 34.2 Å². The molecule has 4 nitrogen and oxygen atoms in total. The largest absolute Gasteiger partial charge is 0.255 e. The molecule has 0 aliphatic rings. The van der Waals surface area contributed by atoms with Gasteiger partial charge in [0.15, 0.2) is 0 Å². The van der Waals surface area contributed by atoms with Gasteiger partial charge in [-0.15, -0.1) is 0 Å². The molecular weight excluding hydrogens is 355 g/mol. The average molecular weight is 369 g/mol. The maximum atomic E-state index is 4.70. The fourth-order valence-electron chi connectivity index (χ4n) is 2.47. The molecule has 0 unspecified atom stereocenters. The number of hydrogen-bond acceptors (Lipinski definition) is 4. The van der Waals surface area contributed by atoms with Crippen molar-refractivity contribution < 1.29 is 16.8 Å². The third-order valence-electron chi connectivity index (χ3n) is 3.62. The molecule has 0 bridgehead atoms. The Morgan fingerprint density at radius 3 is 1.12 bits per heavy atom.